The Morgan fingerprint density at radius 3 is 2.46 bits per heavy atom. The summed E-state index contributed by atoms with van der Waals surface area (Å²) in [5.41, 5.74) is 7.06. The zero-order valence-corrected chi connectivity index (χ0v) is 14.9. The fourth-order valence-electron chi connectivity index (χ4n) is 2.81. The second-order valence-corrected chi connectivity index (χ2v) is 6.91. The maximum atomic E-state index is 12.3. The number of benzene rings is 1. The van der Waals surface area contributed by atoms with Crippen LogP contribution in [-0.2, 0) is 4.79 Å². The molecule has 6 nitrogen and oxygen atoms in total. The zero-order valence-electron chi connectivity index (χ0n) is 14.1. The molecule has 0 spiro atoms. The number of nitrogens with zero attached hydrogens (tertiary/aromatic N) is 1. The highest BCUT2D eigenvalue weighted by Gasteiger charge is 2.19. The number of urea groups is 1. The van der Waals surface area contributed by atoms with Crippen molar-refractivity contribution in [2.75, 3.05) is 35.3 Å². The number of piperidine rings is 1. The second-order valence-electron chi connectivity index (χ2n) is 5.93. The molecule has 0 radical (unpaired) electrons. The van der Waals surface area contributed by atoms with Gasteiger partial charge in [-0.05, 0) is 62.0 Å². The molecule has 132 valence electrons. The van der Waals surface area contributed by atoms with E-state index in [2.05, 4.69) is 15.5 Å². The van der Waals surface area contributed by atoms with E-state index in [4.69, 9.17) is 5.73 Å². The highest BCUT2D eigenvalue weighted by molar-refractivity contribution is 7.98. The lowest BCUT2D eigenvalue weighted by atomic mass is 10.1. The normalized spacial score (nSPS) is 15.6. The average Bonchev–Trinajstić information content (AvgIpc) is 2.59. The molecular weight excluding hydrogens is 324 g/mol. The van der Waals surface area contributed by atoms with E-state index < -0.39 is 12.1 Å². The monoisotopic (exact) mass is 350 g/mol. The number of nitrogens with one attached hydrogen (secondary N) is 2. The third-order valence-corrected chi connectivity index (χ3v) is 4.74. The number of hydrogen-bond donors (Lipinski definition) is 3. The molecule has 1 saturated heterocycles. The summed E-state index contributed by atoms with van der Waals surface area (Å²) in [5.74, 6) is 0.528. The molecule has 24 heavy (non-hydrogen) atoms. The number of primary amides is 1. The van der Waals surface area contributed by atoms with Crippen molar-refractivity contribution in [1.29, 1.82) is 0 Å². The molecule has 2 rings (SSSR count). The van der Waals surface area contributed by atoms with Gasteiger partial charge in [-0.1, -0.05) is 0 Å². The summed E-state index contributed by atoms with van der Waals surface area (Å²) in [7, 11) is 0. The van der Waals surface area contributed by atoms with Crippen LogP contribution in [0, 0.1) is 0 Å². The van der Waals surface area contributed by atoms with Crippen molar-refractivity contribution in [3.63, 3.8) is 0 Å². The fraction of sp³-hybridized carbons (Fsp3) is 0.529. The van der Waals surface area contributed by atoms with Crippen molar-refractivity contribution < 1.29 is 9.59 Å². The van der Waals surface area contributed by atoms with Crippen molar-refractivity contribution in [3.05, 3.63) is 24.3 Å². The van der Waals surface area contributed by atoms with Crippen molar-refractivity contribution in [2.24, 2.45) is 5.73 Å². The molecule has 1 aliphatic heterocycles. The van der Waals surface area contributed by atoms with Crippen LogP contribution in [0.15, 0.2) is 24.3 Å². The highest BCUT2D eigenvalue weighted by Crippen LogP contribution is 2.22. The van der Waals surface area contributed by atoms with Crippen LogP contribution in [0.3, 0.4) is 0 Å². The fourth-order valence-corrected chi connectivity index (χ4v) is 3.28. The number of carbonyl (C=O) groups excluding carboxylic acids is 2. The van der Waals surface area contributed by atoms with Crippen molar-refractivity contribution in [3.8, 4) is 0 Å². The van der Waals surface area contributed by atoms with Gasteiger partial charge in [0.1, 0.15) is 6.04 Å². The Balaban J connectivity index is 1.95. The van der Waals surface area contributed by atoms with E-state index in [9.17, 15) is 9.59 Å². The van der Waals surface area contributed by atoms with Gasteiger partial charge in [0.05, 0.1) is 0 Å². The summed E-state index contributed by atoms with van der Waals surface area (Å²) in [5, 5.41) is 5.35. The van der Waals surface area contributed by atoms with Crippen LogP contribution in [0.5, 0.6) is 0 Å². The van der Waals surface area contributed by atoms with Gasteiger partial charge in [0, 0.05) is 24.5 Å². The first-order chi connectivity index (χ1) is 11.6. The molecular formula is C17H26N4O2S. The van der Waals surface area contributed by atoms with Crippen LogP contribution in [0.1, 0.15) is 25.7 Å². The molecule has 1 aromatic carbocycles. The zero-order chi connectivity index (χ0) is 17.4. The Morgan fingerprint density at radius 2 is 1.88 bits per heavy atom. The van der Waals surface area contributed by atoms with Gasteiger partial charge in [0.15, 0.2) is 0 Å². The smallest absolute Gasteiger partial charge is 0.312 e. The third-order valence-electron chi connectivity index (χ3n) is 4.10. The molecule has 0 unspecified atom stereocenters. The Bertz CT molecular complexity index is 544. The van der Waals surface area contributed by atoms with Crippen LogP contribution >= 0.6 is 11.8 Å². The summed E-state index contributed by atoms with van der Waals surface area (Å²) < 4.78 is 0. The van der Waals surface area contributed by atoms with E-state index >= 15 is 0 Å². The van der Waals surface area contributed by atoms with Crippen LogP contribution < -0.4 is 21.3 Å². The topological polar surface area (TPSA) is 87.5 Å². The van der Waals surface area contributed by atoms with Crippen LogP contribution in [0.4, 0.5) is 16.2 Å². The maximum absolute atomic E-state index is 12.3. The van der Waals surface area contributed by atoms with Crippen molar-refractivity contribution in [1.82, 2.24) is 5.32 Å². The number of amides is 3. The van der Waals surface area contributed by atoms with Gasteiger partial charge in [-0.3, -0.25) is 4.79 Å². The lowest BCUT2D eigenvalue weighted by molar-refractivity contribution is -0.117. The standard InChI is InChI=1S/C17H26N4O2S/c1-24-12-9-15(20-17(18)23)16(22)19-13-5-7-14(8-6-13)21-10-3-2-4-11-21/h5-8,15H,2-4,9-12H2,1H3,(H,19,22)(H3,18,20,23)/t15-/m0/s1. The second kappa shape index (κ2) is 9.42. The minimum Gasteiger partial charge on any atom is -0.372 e. The van der Waals surface area contributed by atoms with Crippen molar-refractivity contribution >= 4 is 35.1 Å². The van der Waals surface area contributed by atoms with E-state index in [-0.39, 0.29) is 5.91 Å². The first-order valence-corrected chi connectivity index (χ1v) is 9.70. The molecule has 3 amide bonds. The van der Waals surface area contributed by atoms with Gasteiger partial charge in [-0.15, -0.1) is 0 Å². The lowest BCUT2D eigenvalue weighted by Gasteiger charge is -2.29. The van der Waals surface area contributed by atoms with E-state index in [1.807, 2.05) is 30.5 Å². The maximum Gasteiger partial charge on any atom is 0.312 e. The number of carbonyl (C=O) groups is 2. The van der Waals surface area contributed by atoms with E-state index in [1.165, 1.54) is 24.9 Å². The highest BCUT2D eigenvalue weighted by atomic mass is 32.2. The minimum absolute atomic E-state index is 0.242. The summed E-state index contributed by atoms with van der Waals surface area (Å²) in [6.07, 6.45) is 6.26. The van der Waals surface area contributed by atoms with Gasteiger partial charge in [0.2, 0.25) is 5.91 Å². The summed E-state index contributed by atoms with van der Waals surface area (Å²) in [6.45, 7) is 2.18. The van der Waals surface area contributed by atoms with E-state index in [0.29, 0.717) is 6.42 Å². The first-order valence-electron chi connectivity index (χ1n) is 8.31. The minimum atomic E-state index is -0.684. The molecule has 0 bridgehead atoms. The number of nitrogens with two attached hydrogens (primary N) is 1. The van der Waals surface area contributed by atoms with Crippen LogP contribution in [0.2, 0.25) is 0 Å². The molecule has 1 heterocycles. The number of hydrogen-bond acceptors (Lipinski definition) is 4. The van der Waals surface area contributed by atoms with Gasteiger partial charge < -0.3 is 21.3 Å². The molecule has 0 aromatic heterocycles. The van der Waals surface area contributed by atoms with Gasteiger partial charge >= 0.3 is 6.03 Å². The summed E-state index contributed by atoms with van der Waals surface area (Å²) in [6, 6.07) is 6.56. The Kier molecular flexibility index (Phi) is 7.24. The molecule has 4 N–H and O–H groups in total. The molecule has 1 fully saturated rings. The molecule has 0 aliphatic carbocycles. The number of anilines is 2. The average molecular weight is 350 g/mol. The first kappa shape index (κ1) is 18.4. The van der Waals surface area contributed by atoms with Gasteiger partial charge in [-0.25, -0.2) is 4.79 Å². The van der Waals surface area contributed by atoms with Crippen molar-refractivity contribution in [2.45, 2.75) is 31.7 Å². The van der Waals surface area contributed by atoms with Gasteiger partial charge in [-0.2, -0.15) is 11.8 Å². The summed E-state index contributed by atoms with van der Waals surface area (Å²) >= 11 is 1.62. The quantitative estimate of drug-likeness (QED) is 0.705. The Labute approximate surface area is 147 Å². The lowest BCUT2D eigenvalue weighted by Crippen LogP contribution is -2.46. The largest absolute Gasteiger partial charge is 0.372 e. The Hall–Kier alpha value is -1.89. The molecule has 1 aliphatic rings. The molecule has 1 atom stereocenters. The molecule has 7 heteroatoms. The van der Waals surface area contributed by atoms with Crippen LogP contribution in [0.25, 0.3) is 0 Å². The molecule has 0 saturated carbocycles. The van der Waals surface area contributed by atoms with E-state index in [0.717, 1.165) is 24.5 Å². The SMILES string of the molecule is CSCC[C@H](NC(N)=O)C(=O)Nc1ccc(N2CCCCC2)cc1. The summed E-state index contributed by atoms with van der Waals surface area (Å²) in [4.78, 5) is 25.8. The van der Waals surface area contributed by atoms with E-state index in [1.54, 1.807) is 11.8 Å². The Morgan fingerprint density at radius 1 is 1.21 bits per heavy atom. The van der Waals surface area contributed by atoms with Crippen LogP contribution in [-0.4, -0.2) is 43.1 Å². The van der Waals surface area contributed by atoms with Gasteiger partial charge in [0.25, 0.3) is 0 Å². The number of thioether (sulfide) groups is 1. The molecule has 1 aromatic rings. The third kappa shape index (κ3) is 5.63. The predicted molar refractivity (Wildman–Crippen MR) is 101 cm³/mol. The predicted octanol–water partition coefficient (Wildman–Crippen LogP) is 2.41. The number of rotatable bonds is 7.